The van der Waals surface area contributed by atoms with Crippen molar-refractivity contribution in [3.05, 3.63) is 29.8 Å². The van der Waals surface area contributed by atoms with Gasteiger partial charge in [-0.2, -0.15) is 0 Å². The first-order valence-electron chi connectivity index (χ1n) is 9.34. The van der Waals surface area contributed by atoms with E-state index >= 15 is 0 Å². The fraction of sp³-hybridized carbons (Fsp3) is 0.667. The van der Waals surface area contributed by atoms with Crippen molar-refractivity contribution in [1.82, 2.24) is 0 Å². The monoisotopic (exact) mass is 334 g/mol. The van der Waals surface area contributed by atoms with Crippen LogP contribution in [-0.4, -0.2) is 17.7 Å². The normalized spacial score (nSPS) is 12.8. The zero-order valence-corrected chi connectivity index (χ0v) is 15.8. The van der Waals surface area contributed by atoms with Crippen molar-refractivity contribution in [1.29, 1.82) is 0 Å². The molecule has 0 aliphatic heterocycles. The Morgan fingerprint density at radius 3 is 2.42 bits per heavy atom. The fourth-order valence-corrected chi connectivity index (χ4v) is 2.91. The van der Waals surface area contributed by atoms with E-state index in [1.165, 1.54) is 18.4 Å². The summed E-state index contributed by atoms with van der Waals surface area (Å²) < 4.78 is 5.46. The van der Waals surface area contributed by atoms with Crippen LogP contribution in [0.25, 0.3) is 0 Å². The SMILES string of the molecule is CCCCC(CC)COC(=O)CCCC(C)(C)c1ccc(O)cc1. The molecule has 0 aliphatic carbocycles. The molecule has 0 aliphatic rings. The minimum absolute atomic E-state index is 0.0128. The number of unbranched alkanes of at least 4 members (excludes halogenated alkanes) is 1. The maximum atomic E-state index is 11.9. The van der Waals surface area contributed by atoms with Gasteiger partial charge in [-0.3, -0.25) is 4.79 Å². The molecule has 1 N–H and O–H groups in total. The summed E-state index contributed by atoms with van der Waals surface area (Å²) in [5.41, 5.74) is 1.17. The summed E-state index contributed by atoms with van der Waals surface area (Å²) in [5.74, 6) is 0.709. The molecule has 0 amide bonds. The van der Waals surface area contributed by atoms with Gasteiger partial charge in [0.05, 0.1) is 6.61 Å². The number of hydrogen-bond acceptors (Lipinski definition) is 3. The van der Waals surface area contributed by atoms with Gasteiger partial charge in [-0.1, -0.05) is 59.1 Å². The molecule has 0 radical (unpaired) electrons. The Morgan fingerprint density at radius 1 is 1.17 bits per heavy atom. The van der Waals surface area contributed by atoms with E-state index in [2.05, 4.69) is 27.7 Å². The van der Waals surface area contributed by atoms with Crippen molar-refractivity contribution in [2.75, 3.05) is 6.61 Å². The number of benzene rings is 1. The Balaban J connectivity index is 2.32. The van der Waals surface area contributed by atoms with E-state index in [0.29, 0.717) is 18.9 Å². The highest BCUT2D eigenvalue weighted by Gasteiger charge is 2.21. The summed E-state index contributed by atoms with van der Waals surface area (Å²) in [4.78, 5) is 11.9. The van der Waals surface area contributed by atoms with Crippen LogP contribution < -0.4 is 0 Å². The highest BCUT2D eigenvalue weighted by atomic mass is 16.5. The first kappa shape index (κ1) is 20.5. The van der Waals surface area contributed by atoms with E-state index in [1.807, 2.05) is 12.1 Å². The van der Waals surface area contributed by atoms with Crippen molar-refractivity contribution in [2.24, 2.45) is 5.92 Å². The molecule has 3 heteroatoms. The van der Waals surface area contributed by atoms with Gasteiger partial charge in [0.1, 0.15) is 5.75 Å². The molecule has 1 unspecified atom stereocenters. The van der Waals surface area contributed by atoms with Gasteiger partial charge >= 0.3 is 5.97 Å². The van der Waals surface area contributed by atoms with Crippen LogP contribution in [0.3, 0.4) is 0 Å². The molecule has 1 atom stereocenters. The van der Waals surface area contributed by atoms with Crippen molar-refractivity contribution in [3.63, 3.8) is 0 Å². The van der Waals surface area contributed by atoms with Crippen molar-refractivity contribution in [2.45, 2.75) is 78.1 Å². The molecule has 3 nitrogen and oxygen atoms in total. The van der Waals surface area contributed by atoms with E-state index in [0.717, 1.165) is 25.7 Å². The van der Waals surface area contributed by atoms with E-state index in [1.54, 1.807) is 12.1 Å². The highest BCUT2D eigenvalue weighted by Crippen LogP contribution is 2.30. The molecule has 0 saturated heterocycles. The second kappa shape index (κ2) is 10.4. The number of carbonyl (C=O) groups excluding carboxylic acids is 1. The van der Waals surface area contributed by atoms with Crippen LogP contribution in [0, 0.1) is 5.92 Å². The number of aromatic hydroxyl groups is 1. The smallest absolute Gasteiger partial charge is 0.305 e. The van der Waals surface area contributed by atoms with Gasteiger partial charge in [-0.25, -0.2) is 0 Å². The van der Waals surface area contributed by atoms with Crippen LogP contribution in [0.1, 0.15) is 78.2 Å². The van der Waals surface area contributed by atoms with Gasteiger partial charge < -0.3 is 9.84 Å². The molecule has 0 heterocycles. The van der Waals surface area contributed by atoms with Crippen LogP contribution in [0.2, 0.25) is 0 Å². The lowest BCUT2D eigenvalue weighted by Gasteiger charge is -2.25. The Hall–Kier alpha value is -1.51. The fourth-order valence-electron chi connectivity index (χ4n) is 2.91. The molecule has 1 aromatic carbocycles. The number of esters is 1. The van der Waals surface area contributed by atoms with Crippen LogP contribution in [0.4, 0.5) is 0 Å². The van der Waals surface area contributed by atoms with E-state index in [9.17, 15) is 9.90 Å². The third-order valence-electron chi connectivity index (χ3n) is 4.85. The first-order valence-corrected chi connectivity index (χ1v) is 9.34. The van der Waals surface area contributed by atoms with Crippen molar-refractivity contribution in [3.8, 4) is 5.75 Å². The second-order valence-electron chi connectivity index (χ2n) is 7.38. The number of ether oxygens (including phenoxy) is 1. The predicted octanol–water partition coefficient (Wildman–Crippen LogP) is 5.60. The van der Waals surface area contributed by atoms with E-state index in [-0.39, 0.29) is 17.1 Å². The van der Waals surface area contributed by atoms with Gasteiger partial charge in [-0.05, 0) is 48.3 Å². The molecule has 0 fully saturated rings. The van der Waals surface area contributed by atoms with Crippen LogP contribution in [0.5, 0.6) is 5.75 Å². The molecule has 24 heavy (non-hydrogen) atoms. The van der Waals surface area contributed by atoms with Crippen LogP contribution in [0.15, 0.2) is 24.3 Å². The number of rotatable bonds is 11. The lowest BCUT2D eigenvalue weighted by Crippen LogP contribution is -2.18. The lowest BCUT2D eigenvalue weighted by molar-refractivity contribution is -0.145. The molecule has 136 valence electrons. The lowest BCUT2D eigenvalue weighted by atomic mass is 9.80. The minimum atomic E-state index is -0.0774. The van der Waals surface area contributed by atoms with E-state index in [4.69, 9.17) is 4.74 Å². The predicted molar refractivity (Wildman–Crippen MR) is 99.2 cm³/mol. The van der Waals surface area contributed by atoms with Crippen molar-refractivity contribution >= 4 is 5.97 Å². The molecule has 0 saturated carbocycles. The second-order valence-corrected chi connectivity index (χ2v) is 7.38. The maximum absolute atomic E-state index is 11.9. The van der Waals surface area contributed by atoms with Gasteiger partial charge in [-0.15, -0.1) is 0 Å². The number of phenols is 1. The number of carbonyl (C=O) groups is 1. The minimum Gasteiger partial charge on any atom is -0.508 e. The van der Waals surface area contributed by atoms with E-state index < -0.39 is 0 Å². The van der Waals surface area contributed by atoms with Gasteiger partial charge in [0.2, 0.25) is 0 Å². The number of phenolic OH excluding ortho intramolecular Hbond substituents is 1. The summed E-state index contributed by atoms with van der Waals surface area (Å²) in [6, 6.07) is 7.33. The Labute approximate surface area is 147 Å². The summed E-state index contributed by atoms with van der Waals surface area (Å²) in [5, 5.41) is 9.39. The Morgan fingerprint density at radius 2 is 1.83 bits per heavy atom. The number of hydrogen-bond donors (Lipinski definition) is 1. The Bertz CT molecular complexity index is 476. The van der Waals surface area contributed by atoms with Crippen molar-refractivity contribution < 1.29 is 14.6 Å². The van der Waals surface area contributed by atoms with Gasteiger partial charge in [0.15, 0.2) is 0 Å². The topological polar surface area (TPSA) is 46.5 Å². The third-order valence-corrected chi connectivity index (χ3v) is 4.85. The molecular formula is C21H34O3. The summed E-state index contributed by atoms with van der Waals surface area (Å²) in [6.07, 6.45) is 6.83. The summed E-state index contributed by atoms with van der Waals surface area (Å²) >= 11 is 0. The molecular weight excluding hydrogens is 300 g/mol. The third kappa shape index (κ3) is 7.37. The van der Waals surface area contributed by atoms with Gasteiger partial charge in [0.25, 0.3) is 0 Å². The van der Waals surface area contributed by atoms with Crippen LogP contribution in [-0.2, 0) is 14.9 Å². The average molecular weight is 334 g/mol. The zero-order valence-electron chi connectivity index (χ0n) is 15.8. The summed E-state index contributed by atoms with van der Waals surface area (Å²) in [7, 11) is 0. The van der Waals surface area contributed by atoms with Gasteiger partial charge in [0, 0.05) is 6.42 Å². The van der Waals surface area contributed by atoms with Crippen LogP contribution >= 0.6 is 0 Å². The Kier molecular flexibility index (Phi) is 8.88. The molecule has 0 bridgehead atoms. The maximum Gasteiger partial charge on any atom is 0.305 e. The highest BCUT2D eigenvalue weighted by molar-refractivity contribution is 5.69. The standard InChI is InChI=1S/C21H34O3/c1-5-7-9-17(6-2)16-24-20(23)10-8-15-21(3,4)18-11-13-19(22)14-12-18/h11-14,17,22H,5-10,15-16H2,1-4H3. The molecule has 1 rings (SSSR count). The zero-order chi connectivity index (χ0) is 18.0. The average Bonchev–Trinajstić information content (AvgIpc) is 2.55. The quantitative estimate of drug-likeness (QED) is 0.536. The molecule has 1 aromatic rings. The molecule has 0 aromatic heterocycles. The molecule has 0 spiro atoms. The summed E-state index contributed by atoms with van der Waals surface area (Å²) in [6.45, 7) is 9.25. The first-order chi connectivity index (χ1) is 11.4. The largest absolute Gasteiger partial charge is 0.508 e.